The van der Waals surface area contributed by atoms with Gasteiger partial charge in [0.2, 0.25) is 17.6 Å². The van der Waals surface area contributed by atoms with Crippen LogP contribution in [0.1, 0.15) is 30.3 Å². The number of carbonyl (C=O) groups is 1. The van der Waals surface area contributed by atoms with Gasteiger partial charge in [0, 0.05) is 23.6 Å². The summed E-state index contributed by atoms with van der Waals surface area (Å²) in [6.07, 6.45) is 0.964. The number of ether oxygens (including phenoxy) is 1. The second kappa shape index (κ2) is 7.59. The summed E-state index contributed by atoms with van der Waals surface area (Å²) in [4.78, 5) is 18.5. The van der Waals surface area contributed by atoms with E-state index in [0.29, 0.717) is 35.9 Å². The third-order valence-electron chi connectivity index (χ3n) is 4.76. The average molecular weight is 402 g/mol. The summed E-state index contributed by atoms with van der Waals surface area (Å²) < 4.78 is 24.3. The molecule has 2 heterocycles. The monoisotopic (exact) mass is 401 g/mol. The highest BCUT2D eigenvalue weighted by atomic mass is 35.5. The summed E-state index contributed by atoms with van der Waals surface area (Å²) in [7, 11) is 1.40. The fraction of sp³-hybridized carbons (Fsp3) is 0.250. The van der Waals surface area contributed by atoms with Crippen LogP contribution in [-0.2, 0) is 11.3 Å². The molecule has 1 aliphatic heterocycles. The van der Waals surface area contributed by atoms with Crippen LogP contribution in [0.2, 0.25) is 5.02 Å². The Labute approximate surface area is 165 Å². The molecule has 28 heavy (non-hydrogen) atoms. The van der Waals surface area contributed by atoms with Gasteiger partial charge in [-0.05, 0) is 36.2 Å². The number of halogens is 2. The maximum atomic E-state index is 14.0. The highest BCUT2D eigenvalue weighted by Gasteiger charge is 2.36. The van der Waals surface area contributed by atoms with Crippen LogP contribution in [0, 0.1) is 5.82 Å². The van der Waals surface area contributed by atoms with Gasteiger partial charge >= 0.3 is 0 Å². The number of likely N-dealkylation sites (tertiary alicyclic amines) is 1. The van der Waals surface area contributed by atoms with Crippen molar-refractivity contribution >= 4 is 17.5 Å². The molecule has 1 unspecified atom stereocenters. The molecule has 0 spiro atoms. The molecule has 6 nitrogen and oxygen atoms in total. The number of rotatable bonds is 5. The van der Waals surface area contributed by atoms with Crippen LogP contribution in [0.25, 0.3) is 11.4 Å². The van der Waals surface area contributed by atoms with Crippen LogP contribution in [-0.4, -0.2) is 28.1 Å². The standard InChI is InChI=1S/C20H17ClFN3O3/c1-27-17-8-6-12(10-15(17)22)19-23-20(28-24-19)16-7-9-18(26)25(16)11-13-4-2-3-5-14(13)21/h2-6,8,10,16H,7,9,11H2,1H3. The summed E-state index contributed by atoms with van der Waals surface area (Å²) in [5, 5.41) is 4.55. The Morgan fingerprint density at radius 2 is 2.14 bits per heavy atom. The van der Waals surface area contributed by atoms with Gasteiger partial charge in [-0.3, -0.25) is 4.79 Å². The summed E-state index contributed by atoms with van der Waals surface area (Å²) in [6.45, 7) is 0.359. The summed E-state index contributed by atoms with van der Waals surface area (Å²) in [5.74, 6) is 0.209. The quantitative estimate of drug-likeness (QED) is 0.633. The van der Waals surface area contributed by atoms with E-state index >= 15 is 0 Å². The number of hydrogen-bond acceptors (Lipinski definition) is 5. The van der Waals surface area contributed by atoms with Gasteiger partial charge in [-0.25, -0.2) is 4.39 Å². The molecule has 1 aliphatic rings. The maximum Gasteiger partial charge on any atom is 0.249 e. The van der Waals surface area contributed by atoms with E-state index in [4.69, 9.17) is 20.9 Å². The van der Waals surface area contributed by atoms with Crippen molar-refractivity contribution < 1.29 is 18.4 Å². The fourth-order valence-electron chi connectivity index (χ4n) is 3.29. The van der Waals surface area contributed by atoms with E-state index in [1.165, 1.54) is 19.2 Å². The molecule has 1 fully saturated rings. The van der Waals surface area contributed by atoms with Crippen molar-refractivity contribution in [1.29, 1.82) is 0 Å². The molecule has 0 saturated carbocycles. The van der Waals surface area contributed by atoms with E-state index in [2.05, 4.69) is 10.1 Å². The van der Waals surface area contributed by atoms with Gasteiger partial charge in [0.1, 0.15) is 6.04 Å². The van der Waals surface area contributed by atoms with Gasteiger partial charge < -0.3 is 14.2 Å². The molecule has 8 heteroatoms. The van der Waals surface area contributed by atoms with Crippen molar-refractivity contribution in [2.24, 2.45) is 0 Å². The molecule has 0 N–H and O–H groups in total. The van der Waals surface area contributed by atoms with E-state index in [1.54, 1.807) is 17.0 Å². The Morgan fingerprint density at radius 3 is 2.89 bits per heavy atom. The van der Waals surface area contributed by atoms with Crippen molar-refractivity contribution in [3.05, 3.63) is 64.8 Å². The zero-order valence-corrected chi connectivity index (χ0v) is 15.8. The topological polar surface area (TPSA) is 68.5 Å². The molecule has 0 radical (unpaired) electrons. The van der Waals surface area contributed by atoms with E-state index in [1.807, 2.05) is 18.2 Å². The first kappa shape index (κ1) is 18.4. The lowest BCUT2D eigenvalue weighted by Crippen LogP contribution is -2.27. The molecular weight excluding hydrogens is 385 g/mol. The third kappa shape index (κ3) is 3.45. The molecule has 0 bridgehead atoms. The third-order valence-corrected chi connectivity index (χ3v) is 5.13. The van der Waals surface area contributed by atoms with Crippen molar-refractivity contribution in [2.75, 3.05) is 7.11 Å². The van der Waals surface area contributed by atoms with Crippen LogP contribution in [0.4, 0.5) is 4.39 Å². The predicted molar refractivity (Wildman–Crippen MR) is 100 cm³/mol. The van der Waals surface area contributed by atoms with Gasteiger partial charge in [0.15, 0.2) is 11.6 Å². The highest BCUT2D eigenvalue weighted by Crippen LogP contribution is 2.35. The molecule has 1 aromatic heterocycles. The van der Waals surface area contributed by atoms with Gasteiger partial charge in [-0.2, -0.15) is 4.98 Å². The number of carbonyl (C=O) groups excluding carboxylic acids is 1. The number of aromatic nitrogens is 2. The Bertz CT molecular complexity index is 1020. The van der Waals surface area contributed by atoms with Gasteiger partial charge in [0.25, 0.3) is 0 Å². The zero-order valence-electron chi connectivity index (χ0n) is 15.1. The lowest BCUT2D eigenvalue weighted by molar-refractivity contribution is -0.129. The number of benzene rings is 2. The first-order chi connectivity index (χ1) is 13.6. The fourth-order valence-corrected chi connectivity index (χ4v) is 3.49. The van der Waals surface area contributed by atoms with Gasteiger partial charge in [-0.15, -0.1) is 0 Å². The van der Waals surface area contributed by atoms with Crippen LogP contribution < -0.4 is 4.74 Å². The Morgan fingerprint density at radius 1 is 1.32 bits per heavy atom. The molecule has 1 saturated heterocycles. The predicted octanol–water partition coefficient (Wildman–Crippen LogP) is 4.40. The molecule has 0 aliphatic carbocycles. The molecular formula is C20H17ClFN3O3. The van der Waals surface area contributed by atoms with Gasteiger partial charge in [-0.1, -0.05) is 35.0 Å². The zero-order chi connectivity index (χ0) is 19.7. The average Bonchev–Trinajstić information content (AvgIpc) is 3.31. The van der Waals surface area contributed by atoms with Crippen molar-refractivity contribution in [3.8, 4) is 17.1 Å². The van der Waals surface area contributed by atoms with Crippen LogP contribution in [0.3, 0.4) is 0 Å². The second-order valence-corrected chi connectivity index (χ2v) is 6.88. The minimum absolute atomic E-state index is 0.000150. The largest absolute Gasteiger partial charge is 0.494 e. The minimum Gasteiger partial charge on any atom is -0.494 e. The maximum absolute atomic E-state index is 14.0. The van der Waals surface area contributed by atoms with E-state index in [9.17, 15) is 9.18 Å². The Hall–Kier alpha value is -2.93. The Balaban J connectivity index is 1.59. The number of amides is 1. The molecule has 1 amide bonds. The van der Waals surface area contributed by atoms with Gasteiger partial charge in [0.05, 0.1) is 7.11 Å². The SMILES string of the molecule is COc1ccc(-c2noc(C3CCC(=O)N3Cc3ccccc3Cl)n2)cc1F. The molecule has 1 atom stereocenters. The number of hydrogen-bond donors (Lipinski definition) is 0. The van der Waals surface area contributed by atoms with Crippen molar-refractivity contribution in [2.45, 2.75) is 25.4 Å². The summed E-state index contributed by atoms with van der Waals surface area (Å²) in [6, 6.07) is 11.5. The first-order valence-electron chi connectivity index (χ1n) is 8.77. The minimum atomic E-state index is -0.511. The smallest absolute Gasteiger partial charge is 0.249 e. The number of nitrogens with zero attached hydrogens (tertiary/aromatic N) is 3. The van der Waals surface area contributed by atoms with Crippen molar-refractivity contribution in [1.82, 2.24) is 15.0 Å². The van der Waals surface area contributed by atoms with Crippen LogP contribution in [0.15, 0.2) is 47.0 Å². The lowest BCUT2D eigenvalue weighted by Gasteiger charge is -2.22. The van der Waals surface area contributed by atoms with Crippen LogP contribution >= 0.6 is 11.6 Å². The lowest BCUT2D eigenvalue weighted by atomic mass is 10.1. The van der Waals surface area contributed by atoms with E-state index in [0.717, 1.165) is 5.56 Å². The number of methoxy groups -OCH3 is 1. The van der Waals surface area contributed by atoms with Crippen molar-refractivity contribution in [3.63, 3.8) is 0 Å². The Kier molecular flexibility index (Phi) is 5.00. The molecule has 2 aromatic carbocycles. The molecule has 3 aromatic rings. The molecule has 144 valence electrons. The summed E-state index contributed by atoms with van der Waals surface area (Å²) in [5.41, 5.74) is 1.32. The normalized spacial score (nSPS) is 16.6. The summed E-state index contributed by atoms with van der Waals surface area (Å²) >= 11 is 6.23. The molecule has 4 rings (SSSR count). The van der Waals surface area contributed by atoms with Crippen LogP contribution in [0.5, 0.6) is 5.75 Å². The highest BCUT2D eigenvalue weighted by molar-refractivity contribution is 6.31. The van der Waals surface area contributed by atoms with E-state index in [-0.39, 0.29) is 23.5 Å². The second-order valence-electron chi connectivity index (χ2n) is 6.47. The first-order valence-corrected chi connectivity index (χ1v) is 9.15. The van der Waals surface area contributed by atoms with E-state index < -0.39 is 5.82 Å².